The fourth-order valence-electron chi connectivity index (χ4n) is 1.09. The predicted octanol–water partition coefficient (Wildman–Crippen LogP) is 3.49. The van der Waals surface area contributed by atoms with Crippen LogP contribution in [0.2, 0.25) is 10.0 Å². The molecule has 0 fully saturated rings. The summed E-state index contributed by atoms with van der Waals surface area (Å²) >= 11 is 11.0. The summed E-state index contributed by atoms with van der Waals surface area (Å²) in [7, 11) is 0. The number of benzene rings is 1. The average molecular weight is 259 g/mol. The normalized spacial score (nSPS) is 11.9. The molecule has 7 heteroatoms. The summed E-state index contributed by atoms with van der Waals surface area (Å²) < 4.78 is 37.6. The Kier molecular flexibility index (Phi) is 2.98. The highest BCUT2D eigenvalue weighted by Gasteiger charge is 2.38. The van der Waals surface area contributed by atoms with Crippen LogP contribution in [0.25, 0.3) is 0 Å². The van der Waals surface area contributed by atoms with Gasteiger partial charge in [0.05, 0.1) is 27.0 Å². The molecule has 0 saturated carbocycles. The second-order valence-corrected chi connectivity index (χ2v) is 3.71. The molecule has 1 aromatic carbocycles. The molecule has 0 aromatic heterocycles. The Morgan fingerprint density at radius 1 is 1.00 bits per heavy atom. The quantitative estimate of drug-likeness (QED) is 0.700. The molecule has 0 aliphatic rings. The zero-order chi connectivity index (χ0) is 12.0. The van der Waals surface area contributed by atoms with Crippen molar-refractivity contribution in [3.63, 3.8) is 0 Å². The summed E-state index contributed by atoms with van der Waals surface area (Å²) in [6.07, 6.45) is -4.68. The van der Waals surface area contributed by atoms with Crippen molar-refractivity contribution in [2.24, 2.45) is 0 Å². The lowest BCUT2D eigenvalue weighted by molar-refractivity contribution is -0.137. The Balaban J connectivity index is 3.68. The van der Waals surface area contributed by atoms with E-state index in [0.29, 0.717) is 0 Å². The first-order chi connectivity index (χ1) is 6.68. The van der Waals surface area contributed by atoms with E-state index in [0.717, 1.165) is 0 Å². The minimum Gasteiger partial charge on any atom is -0.397 e. The third kappa shape index (κ3) is 1.94. The van der Waals surface area contributed by atoms with E-state index < -0.39 is 21.8 Å². The van der Waals surface area contributed by atoms with E-state index in [1.165, 1.54) is 6.92 Å². The lowest BCUT2D eigenvalue weighted by atomic mass is 10.1. The second kappa shape index (κ2) is 3.64. The van der Waals surface area contributed by atoms with Gasteiger partial charge in [-0.15, -0.1) is 0 Å². The molecular weight excluding hydrogens is 252 g/mol. The lowest BCUT2D eigenvalue weighted by Gasteiger charge is -2.16. The zero-order valence-corrected chi connectivity index (χ0v) is 9.06. The Morgan fingerprint density at radius 3 is 1.60 bits per heavy atom. The number of rotatable bonds is 0. The Hall–Kier alpha value is -0.810. The number of halogens is 5. The largest absolute Gasteiger partial charge is 0.419 e. The van der Waals surface area contributed by atoms with Crippen LogP contribution in [0.5, 0.6) is 0 Å². The topological polar surface area (TPSA) is 52.0 Å². The monoisotopic (exact) mass is 258 g/mol. The van der Waals surface area contributed by atoms with Crippen LogP contribution in [0.4, 0.5) is 24.5 Å². The maximum atomic E-state index is 12.5. The van der Waals surface area contributed by atoms with Crippen molar-refractivity contribution >= 4 is 34.6 Å². The Labute approximate surface area is 93.9 Å². The molecular formula is C8H7Cl2F3N2. The second-order valence-electron chi connectivity index (χ2n) is 2.95. The maximum Gasteiger partial charge on any atom is 0.419 e. The molecule has 0 spiro atoms. The van der Waals surface area contributed by atoms with Crippen LogP contribution >= 0.6 is 23.2 Å². The summed E-state index contributed by atoms with van der Waals surface area (Å²) in [5, 5.41) is -1.22. The fourth-order valence-corrected chi connectivity index (χ4v) is 1.82. The predicted molar refractivity (Wildman–Crippen MR) is 55.0 cm³/mol. The van der Waals surface area contributed by atoms with Crippen LogP contribution < -0.4 is 11.5 Å². The molecule has 1 rings (SSSR count). The van der Waals surface area contributed by atoms with Crippen molar-refractivity contribution in [1.82, 2.24) is 0 Å². The molecule has 0 bridgehead atoms. The highest BCUT2D eigenvalue weighted by Crippen LogP contribution is 2.46. The number of nitrogen functional groups attached to an aromatic ring is 2. The third-order valence-electron chi connectivity index (χ3n) is 2.00. The molecule has 4 N–H and O–H groups in total. The van der Waals surface area contributed by atoms with Gasteiger partial charge >= 0.3 is 6.18 Å². The molecule has 0 atom stereocenters. The van der Waals surface area contributed by atoms with E-state index >= 15 is 0 Å². The molecule has 2 nitrogen and oxygen atoms in total. The molecule has 0 radical (unpaired) electrons. The van der Waals surface area contributed by atoms with E-state index in [9.17, 15) is 13.2 Å². The zero-order valence-electron chi connectivity index (χ0n) is 7.54. The molecule has 0 aliphatic carbocycles. The van der Waals surface area contributed by atoms with E-state index in [1.807, 2.05) is 0 Å². The average Bonchev–Trinajstić information content (AvgIpc) is 2.09. The van der Waals surface area contributed by atoms with Gasteiger partial charge in [0.1, 0.15) is 0 Å². The van der Waals surface area contributed by atoms with Gasteiger partial charge in [0, 0.05) is 0 Å². The maximum absolute atomic E-state index is 12.5. The van der Waals surface area contributed by atoms with Crippen LogP contribution in [0, 0.1) is 6.92 Å². The van der Waals surface area contributed by atoms with Crippen molar-refractivity contribution in [3.8, 4) is 0 Å². The number of hydrogen-bond donors (Lipinski definition) is 2. The number of anilines is 2. The number of hydrogen-bond acceptors (Lipinski definition) is 2. The summed E-state index contributed by atoms with van der Waals surface area (Å²) in [5.41, 5.74) is 9.41. The van der Waals surface area contributed by atoms with Gasteiger partial charge in [-0.1, -0.05) is 23.2 Å². The van der Waals surface area contributed by atoms with Crippen LogP contribution in [0.3, 0.4) is 0 Å². The van der Waals surface area contributed by atoms with E-state index in [2.05, 4.69) is 0 Å². The van der Waals surface area contributed by atoms with Gasteiger partial charge in [-0.2, -0.15) is 13.2 Å². The molecule has 1 aromatic rings. The van der Waals surface area contributed by atoms with E-state index in [-0.39, 0.29) is 16.9 Å². The highest BCUT2D eigenvalue weighted by atomic mass is 35.5. The molecule has 0 aliphatic heterocycles. The van der Waals surface area contributed by atoms with Crippen molar-refractivity contribution in [2.45, 2.75) is 13.1 Å². The SMILES string of the molecule is Cc1c(N)c(Cl)c(C(F)(F)F)c(Cl)c1N. The molecule has 0 heterocycles. The van der Waals surface area contributed by atoms with Crippen LogP contribution in [-0.2, 0) is 6.18 Å². The molecule has 0 saturated heterocycles. The van der Waals surface area contributed by atoms with Crippen molar-refractivity contribution in [2.75, 3.05) is 11.5 Å². The van der Waals surface area contributed by atoms with Gasteiger partial charge in [0.15, 0.2) is 0 Å². The summed E-state index contributed by atoms with van der Waals surface area (Å²) in [6, 6.07) is 0. The first kappa shape index (κ1) is 12.3. The minimum atomic E-state index is -4.68. The standard InChI is InChI=1S/C8H7Cl2F3N2/c1-2-6(14)4(9)3(8(11,12)13)5(10)7(2)15/h14-15H2,1H3. The van der Waals surface area contributed by atoms with E-state index in [4.69, 9.17) is 34.7 Å². The summed E-state index contributed by atoms with van der Waals surface area (Å²) in [4.78, 5) is 0. The third-order valence-corrected chi connectivity index (χ3v) is 2.79. The summed E-state index contributed by atoms with van der Waals surface area (Å²) in [5.74, 6) is 0. The van der Waals surface area contributed by atoms with Crippen LogP contribution in [-0.4, -0.2) is 0 Å². The van der Waals surface area contributed by atoms with Gasteiger partial charge in [0.2, 0.25) is 0 Å². The molecule has 0 amide bonds. The van der Waals surface area contributed by atoms with Crippen molar-refractivity contribution in [3.05, 3.63) is 21.2 Å². The van der Waals surface area contributed by atoms with Gasteiger partial charge < -0.3 is 11.5 Å². The van der Waals surface area contributed by atoms with Crippen molar-refractivity contribution < 1.29 is 13.2 Å². The lowest BCUT2D eigenvalue weighted by Crippen LogP contribution is -2.11. The highest BCUT2D eigenvalue weighted by molar-refractivity contribution is 6.39. The molecule has 0 unspecified atom stereocenters. The smallest absolute Gasteiger partial charge is 0.397 e. The van der Waals surface area contributed by atoms with Crippen LogP contribution in [0.15, 0.2) is 0 Å². The number of nitrogens with two attached hydrogens (primary N) is 2. The van der Waals surface area contributed by atoms with Gasteiger partial charge in [-0.3, -0.25) is 0 Å². The Morgan fingerprint density at radius 2 is 1.33 bits per heavy atom. The van der Waals surface area contributed by atoms with Gasteiger partial charge in [-0.25, -0.2) is 0 Å². The van der Waals surface area contributed by atoms with Gasteiger partial charge in [-0.05, 0) is 12.5 Å². The number of alkyl halides is 3. The molecule has 84 valence electrons. The first-order valence-corrected chi connectivity index (χ1v) is 4.53. The first-order valence-electron chi connectivity index (χ1n) is 3.77. The fraction of sp³-hybridized carbons (Fsp3) is 0.250. The minimum absolute atomic E-state index is 0.203. The van der Waals surface area contributed by atoms with Crippen molar-refractivity contribution in [1.29, 1.82) is 0 Å². The van der Waals surface area contributed by atoms with Crippen LogP contribution in [0.1, 0.15) is 11.1 Å². The Bertz CT molecular complexity index is 386. The summed E-state index contributed by atoms with van der Waals surface area (Å²) in [6.45, 7) is 1.45. The van der Waals surface area contributed by atoms with Gasteiger partial charge in [0.25, 0.3) is 0 Å². The van der Waals surface area contributed by atoms with E-state index in [1.54, 1.807) is 0 Å². The molecule has 15 heavy (non-hydrogen) atoms.